The Morgan fingerprint density at radius 1 is 1.04 bits per heavy atom. The van der Waals surface area contributed by atoms with Gasteiger partial charge in [0.15, 0.2) is 10.8 Å². The number of carbonyl (C=O) groups is 2. The van der Waals surface area contributed by atoms with Gasteiger partial charge in [0.2, 0.25) is 0 Å². The van der Waals surface area contributed by atoms with Gasteiger partial charge in [-0.3, -0.25) is 18.7 Å². The first-order chi connectivity index (χ1) is 10.7. The Kier molecular flexibility index (Phi) is 10.9. The maximum absolute atomic E-state index is 11.4. The first-order valence-electron chi connectivity index (χ1n) is 6.98. The smallest absolute Gasteiger partial charge is 0.342 e. The zero-order chi connectivity index (χ0) is 19.8. The van der Waals surface area contributed by atoms with Crippen molar-refractivity contribution >= 4 is 27.1 Å². The molecular weight excluding hydrogens is 368 g/mol. The van der Waals surface area contributed by atoms with Crippen LogP contribution >= 0.6 is 15.2 Å². The molecule has 13 heteroatoms. The lowest BCUT2D eigenvalue weighted by molar-refractivity contribution is -0.142. The topological polar surface area (TPSA) is 216 Å². The fraction of sp³-hybridized carbons (Fsp3) is 0.818. The fourth-order valence-electron chi connectivity index (χ4n) is 1.77. The summed E-state index contributed by atoms with van der Waals surface area (Å²) in [5.41, 5.74) is 2.53. The normalized spacial score (nSPS) is 15.6. The molecule has 24 heavy (non-hydrogen) atoms. The predicted molar refractivity (Wildman–Crippen MR) is 84.7 cm³/mol. The summed E-state index contributed by atoms with van der Waals surface area (Å²) in [4.78, 5) is 58.3. The van der Waals surface area contributed by atoms with E-state index in [1.165, 1.54) is 6.92 Å². The van der Waals surface area contributed by atoms with Crippen LogP contribution in [0, 0.1) is 0 Å². The molecule has 0 rings (SSSR count). The molecule has 0 aliphatic rings. The van der Waals surface area contributed by atoms with Crippen LogP contribution in [-0.4, -0.2) is 59.1 Å². The molecule has 0 aromatic rings. The average Bonchev–Trinajstić information content (AvgIpc) is 2.40. The number of aliphatic carboxylic acids is 2. The number of nitrogens with two attached hydrogens (primary N) is 1. The van der Waals surface area contributed by atoms with Crippen molar-refractivity contribution in [2.24, 2.45) is 5.73 Å². The number of carboxylic acid groups (broad SMARTS) is 2. The lowest BCUT2D eigenvalue weighted by atomic mass is 9.96. The van der Waals surface area contributed by atoms with Gasteiger partial charge in [-0.15, -0.1) is 0 Å². The van der Waals surface area contributed by atoms with E-state index in [1.807, 2.05) is 0 Å². The molecule has 0 aromatic carbocycles. The molecule has 2 atom stereocenters. The van der Waals surface area contributed by atoms with Crippen molar-refractivity contribution in [1.82, 2.24) is 0 Å². The summed E-state index contributed by atoms with van der Waals surface area (Å²) in [6.07, 6.45) is -0.901. The third-order valence-electron chi connectivity index (χ3n) is 3.13. The summed E-state index contributed by atoms with van der Waals surface area (Å²) in [6.45, 7) is 4.28. The highest BCUT2D eigenvalue weighted by molar-refractivity contribution is 7.55. The number of carboxylic acids is 2. The zero-order valence-electron chi connectivity index (χ0n) is 13.4. The van der Waals surface area contributed by atoms with Crippen molar-refractivity contribution in [1.29, 1.82) is 0 Å². The van der Waals surface area contributed by atoms with Crippen LogP contribution < -0.4 is 5.73 Å². The van der Waals surface area contributed by atoms with Gasteiger partial charge < -0.3 is 35.5 Å². The van der Waals surface area contributed by atoms with E-state index in [0.717, 1.165) is 13.0 Å². The van der Waals surface area contributed by atoms with Gasteiger partial charge in [-0.2, -0.15) is 0 Å². The molecule has 0 saturated carbocycles. The van der Waals surface area contributed by atoms with Crippen LogP contribution in [-0.2, 0) is 18.7 Å². The third-order valence-corrected chi connectivity index (χ3v) is 6.06. The van der Waals surface area contributed by atoms with Crippen LogP contribution in [0.25, 0.3) is 0 Å². The largest absolute Gasteiger partial charge is 0.481 e. The highest BCUT2D eigenvalue weighted by Gasteiger charge is 2.57. The Bertz CT molecular complexity index is 511. The van der Waals surface area contributed by atoms with Crippen LogP contribution in [0.3, 0.4) is 0 Å². The van der Waals surface area contributed by atoms with E-state index >= 15 is 0 Å². The highest BCUT2D eigenvalue weighted by Crippen LogP contribution is 2.59. The van der Waals surface area contributed by atoms with Gasteiger partial charge in [0, 0.05) is 0 Å². The van der Waals surface area contributed by atoms with Gasteiger partial charge in [0.1, 0.15) is 0 Å². The van der Waals surface area contributed by atoms with E-state index in [1.54, 1.807) is 0 Å². The number of hydrogen-bond acceptors (Lipinski definition) is 5. The molecule has 0 saturated heterocycles. The van der Waals surface area contributed by atoms with Crippen molar-refractivity contribution in [2.75, 3.05) is 6.54 Å². The Balaban J connectivity index is 0. The van der Waals surface area contributed by atoms with Crippen LogP contribution in [0.1, 0.15) is 39.5 Å². The first kappa shape index (κ1) is 25.4. The Hall–Kier alpha value is -0.800. The van der Waals surface area contributed by atoms with Crippen molar-refractivity contribution in [3.63, 3.8) is 0 Å². The third kappa shape index (κ3) is 7.40. The fourth-order valence-corrected chi connectivity index (χ4v) is 3.93. The Morgan fingerprint density at radius 3 is 1.62 bits per heavy atom. The van der Waals surface area contributed by atoms with E-state index in [4.69, 9.17) is 25.7 Å². The van der Waals surface area contributed by atoms with Gasteiger partial charge in [0.25, 0.3) is 0 Å². The quantitative estimate of drug-likeness (QED) is 0.262. The van der Waals surface area contributed by atoms with Gasteiger partial charge in [-0.05, 0) is 25.8 Å². The lowest BCUT2D eigenvalue weighted by Crippen LogP contribution is -2.43. The minimum atomic E-state index is -5.35. The van der Waals surface area contributed by atoms with Crippen LogP contribution in [0.5, 0.6) is 0 Å². The lowest BCUT2D eigenvalue weighted by Gasteiger charge is -2.32. The first-order valence-corrected chi connectivity index (χ1v) is 10.3. The maximum Gasteiger partial charge on any atom is 0.342 e. The molecule has 0 aromatic heterocycles. The van der Waals surface area contributed by atoms with Crippen molar-refractivity contribution in [2.45, 2.75) is 50.3 Å². The van der Waals surface area contributed by atoms with Crippen molar-refractivity contribution in [3.8, 4) is 0 Å². The van der Waals surface area contributed by atoms with Gasteiger partial charge in [-0.1, -0.05) is 20.3 Å². The molecule has 0 spiro atoms. The number of hydrogen-bond donors (Lipinski definition) is 7. The summed E-state index contributed by atoms with van der Waals surface area (Å²) in [5, 5.41) is 15.0. The Labute approximate surface area is 139 Å². The number of rotatable bonds is 9. The molecular formula is C11H25NO10P2. The minimum Gasteiger partial charge on any atom is -0.481 e. The molecule has 0 aliphatic heterocycles. The Morgan fingerprint density at radius 2 is 1.46 bits per heavy atom. The summed E-state index contributed by atoms with van der Waals surface area (Å²) < 4.78 is 22.5. The molecule has 144 valence electrons. The van der Waals surface area contributed by atoms with E-state index < -0.39 is 50.8 Å². The molecule has 8 N–H and O–H groups in total. The van der Waals surface area contributed by atoms with Crippen molar-refractivity contribution in [3.05, 3.63) is 0 Å². The molecule has 2 unspecified atom stereocenters. The second-order valence-corrected chi connectivity index (χ2v) is 8.81. The van der Waals surface area contributed by atoms with Crippen molar-refractivity contribution < 1.29 is 48.5 Å². The molecule has 0 heterocycles. The summed E-state index contributed by atoms with van der Waals surface area (Å²) >= 11 is 0. The van der Waals surface area contributed by atoms with E-state index in [9.17, 15) is 28.5 Å². The summed E-state index contributed by atoms with van der Waals surface area (Å²) in [6, 6.07) is 0. The molecule has 0 aliphatic carbocycles. The van der Waals surface area contributed by atoms with Crippen LogP contribution in [0.2, 0.25) is 0 Å². The molecule has 0 radical (unpaired) electrons. The van der Waals surface area contributed by atoms with Gasteiger partial charge >= 0.3 is 27.1 Å². The standard InChI is InChI=1S/C8H16O10P2.C3H9N/c1-2-3-8(7(11)12,20(16,17)18)4-5(6(9)10)19(13,14)15;1-2-3-4/h5H,2-4H2,1H3,(H,9,10)(H,11,12)(H2,13,14,15)(H2,16,17,18);2-4H2,1H3. The minimum absolute atomic E-state index is 0.0229. The maximum atomic E-state index is 11.4. The second kappa shape index (κ2) is 10.2. The molecule has 0 amide bonds. The second-order valence-electron chi connectivity index (χ2n) is 5.07. The molecule has 0 bridgehead atoms. The summed E-state index contributed by atoms with van der Waals surface area (Å²) in [7, 11) is -10.6. The predicted octanol–water partition coefficient (Wildman–Crippen LogP) is 0.164. The van der Waals surface area contributed by atoms with E-state index in [-0.39, 0.29) is 6.42 Å². The highest BCUT2D eigenvalue weighted by atomic mass is 31.2. The average molecular weight is 393 g/mol. The monoisotopic (exact) mass is 393 g/mol. The van der Waals surface area contributed by atoms with Gasteiger partial charge in [-0.25, -0.2) is 0 Å². The molecule has 0 fully saturated rings. The van der Waals surface area contributed by atoms with E-state index in [2.05, 4.69) is 6.92 Å². The van der Waals surface area contributed by atoms with Crippen LogP contribution in [0.15, 0.2) is 0 Å². The SMILES string of the molecule is CCCC(CC(C(=O)O)P(=O)(O)O)(C(=O)O)P(=O)(O)O.CCCN. The van der Waals surface area contributed by atoms with Crippen LogP contribution in [0.4, 0.5) is 0 Å². The summed E-state index contributed by atoms with van der Waals surface area (Å²) in [5.74, 6) is -4.01. The zero-order valence-corrected chi connectivity index (χ0v) is 15.2. The van der Waals surface area contributed by atoms with Gasteiger partial charge in [0.05, 0.1) is 0 Å². The molecule has 11 nitrogen and oxygen atoms in total. The van der Waals surface area contributed by atoms with E-state index in [0.29, 0.717) is 0 Å².